The van der Waals surface area contributed by atoms with E-state index in [2.05, 4.69) is 0 Å². The van der Waals surface area contributed by atoms with Crippen molar-refractivity contribution in [3.63, 3.8) is 0 Å². The normalized spacial score (nSPS) is 20.7. The Morgan fingerprint density at radius 1 is 1.33 bits per heavy atom. The molecule has 9 heteroatoms. The van der Waals surface area contributed by atoms with E-state index in [-0.39, 0.29) is 33.7 Å². The van der Waals surface area contributed by atoms with Gasteiger partial charge in [0.05, 0.1) is 11.6 Å². The number of esters is 1. The standard InChI is InChI=1S/C15H17Cl2NO5S/c1-2-22-15(19)10-7-9-8-11(12(16)13(17)14(9)23-10)24(20,21)18-5-3-4-6-18/h8,10H,2-7H2,1H3. The third kappa shape index (κ3) is 2.98. The highest BCUT2D eigenvalue weighted by Gasteiger charge is 2.37. The minimum atomic E-state index is -3.72. The first-order chi connectivity index (χ1) is 11.4. The molecule has 0 bridgehead atoms. The van der Waals surface area contributed by atoms with Gasteiger partial charge in [-0.3, -0.25) is 0 Å². The zero-order chi connectivity index (χ0) is 17.5. The van der Waals surface area contributed by atoms with Crippen LogP contribution in [0.15, 0.2) is 11.0 Å². The number of hydrogen-bond acceptors (Lipinski definition) is 5. The second-order valence-electron chi connectivity index (χ2n) is 5.66. The van der Waals surface area contributed by atoms with Gasteiger partial charge in [-0.2, -0.15) is 4.31 Å². The minimum Gasteiger partial charge on any atom is -0.476 e. The molecule has 2 heterocycles. The lowest BCUT2D eigenvalue weighted by molar-refractivity contribution is -0.150. The number of benzene rings is 1. The van der Waals surface area contributed by atoms with E-state index in [1.807, 2.05) is 0 Å². The van der Waals surface area contributed by atoms with E-state index in [1.165, 1.54) is 10.4 Å². The molecule has 1 saturated heterocycles. The van der Waals surface area contributed by atoms with E-state index >= 15 is 0 Å². The van der Waals surface area contributed by atoms with Crippen LogP contribution in [0.2, 0.25) is 10.0 Å². The van der Waals surface area contributed by atoms with Crippen molar-refractivity contribution in [2.75, 3.05) is 19.7 Å². The summed E-state index contributed by atoms with van der Waals surface area (Å²) in [5, 5.41) is -0.0643. The fourth-order valence-electron chi connectivity index (χ4n) is 2.92. The van der Waals surface area contributed by atoms with Gasteiger partial charge >= 0.3 is 5.97 Å². The Morgan fingerprint density at radius 3 is 2.62 bits per heavy atom. The van der Waals surface area contributed by atoms with Gasteiger partial charge in [0, 0.05) is 25.1 Å². The number of rotatable bonds is 4. The van der Waals surface area contributed by atoms with Crippen molar-refractivity contribution in [1.82, 2.24) is 4.31 Å². The topological polar surface area (TPSA) is 72.9 Å². The Bertz CT molecular complexity index is 775. The van der Waals surface area contributed by atoms with Gasteiger partial charge in [0.15, 0.2) is 6.10 Å². The van der Waals surface area contributed by atoms with Crippen molar-refractivity contribution < 1.29 is 22.7 Å². The fraction of sp³-hybridized carbons (Fsp3) is 0.533. The van der Waals surface area contributed by atoms with Gasteiger partial charge in [0.25, 0.3) is 0 Å². The van der Waals surface area contributed by atoms with Crippen molar-refractivity contribution in [3.8, 4) is 5.75 Å². The summed E-state index contributed by atoms with van der Waals surface area (Å²) >= 11 is 12.4. The maximum atomic E-state index is 12.8. The van der Waals surface area contributed by atoms with Crippen molar-refractivity contribution in [2.45, 2.75) is 37.2 Å². The Labute approximate surface area is 150 Å². The summed E-state index contributed by atoms with van der Waals surface area (Å²) in [6.45, 7) is 2.87. The molecule has 0 radical (unpaired) electrons. The largest absolute Gasteiger partial charge is 0.476 e. The Hall–Kier alpha value is -1.02. The molecule has 1 fully saturated rings. The summed E-state index contributed by atoms with van der Waals surface area (Å²) in [7, 11) is -3.72. The molecule has 1 atom stereocenters. The maximum absolute atomic E-state index is 12.8. The molecule has 0 aromatic heterocycles. The van der Waals surface area contributed by atoms with Gasteiger partial charge in [0.1, 0.15) is 15.7 Å². The van der Waals surface area contributed by atoms with Crippen molar-refractivity contribution in [2.24, 2.45) is 0 Å². The molecule has 0 saturated carbocycles. The molecule has 3 rings (SSSR count). The average molecular weight is 394 g/mol. The molecule has 2 aliphatic rings. The lowest BCUT2D eigenvalue weighted by Gasteiger charge is -2.18. The summed E-state index contributed by atoms with van der Waals surface area (Å²) in [6, 6.07) is 1.45. The third-order valence-electron chi connectivity index (χ3n) is 4.10. The van der Waals surface area contributed by atoms with E-state index in [0.717, 1.165) is 12.8 Å². The minimum absolute atomic E-state index is 0.0127. The summed E-state index contributed by atoms with van der Waals surface area (Å²) in [5.74, 6) is -0.259. The van der Waals surface area contributed by atoms with Gasteiger partial charge in [-0.25, -0.2) is 13.2 Å². The lowest BCUT2D eigenvalue weighted by atomic mass is 10.1. The van der Waals surface area contributed by atoms with Crippen LogP contribution >= 0.6 is 23.2 Å². The zero-order valence-corrected chi connectivity index (χ0v) is 15.4. The molecule has 1 unspecified atom stereocenters. The number of fused-ring (bicyclic) bond motifs is 1. The quantitative estimate of drug-likeness (QED) is 0.735. The highest BCUT2D eigenvalue weighted by atomic mass is 35.5. The van der Waals surface area contributed by atoms with Crippen molar-refractivity contribution in [3.05, 3.63) is 21.7 Å². The van der Waals surface area contributed by atoms with Crippen molar-refractivity contribution in [1.29, 1.82) is 0 Å². The summed E-state index contributed by atoms with van der Waals surface area (Å²) < 4.78 is 37.4. The van der Waals surface area contributed by atoms with Crippen LogP contribution in [-0.4, -0.2) is 44.5 Å². The van der Waals surface area contributed by atoms with Crippen LogP contribution < -0.4 is 4.74 Å². The second kappa shape index (κ2) is 6.71. The van der Waals surface area contributed by atoms with Crippen LogP contribution in [-0.2, 0) is 26.0 Å². The average Bonchev–Trinajstić information content (AvgIpc) is 3.20. The van der Waals surface area contributed by atoms with Gasteiger partial charge in [-0.1, -0.05) is 23.2 Å². The van der Waals surface area contributed by atoms with Crippen LogP contribution in [0.25, 0.3) is 0 Å². The molecule has 0 aliphatic carbocycles. The molecule has 24 heavy (non-hydrogen) atoms. The number of hydrogen-bond donors (Lipinski definition) is 0. The second-order valence-corrected chi connectivity index (χ2v) is 8.33. The first kappa shape index (κ1) is 17.8. The zero-order valence-electron chi connectivity index (χ0n) is 13.0. The summed E-state index contributed by atoms with van der Waals surface area (Å²) in [6.07, 6.45) is 1.01. The van der Waals surface area contributed by atoms with Crippen LogP contribution in [0, 0.1) is 0 Å². The van der Waals surface area contributed by atoms with Crippen molar-refractivity contribution >= 4 is 39.2 Å². The Morgan fingerprint density at radius 2 is 2.00 bits per heavy atom. The number of carbonyl (C=O) groups excluding carboxylic acids is 1. The predicted molar refractivity (Wildman–Crippen MR) is 89.2 cm³/mol. The molecular weight excluding hydrogens is 377 g/mol. The molecule has 1 aromatic rings. The van der Waals surface area contributed by atoms with Gasteiger partial charge < -0.3 is 9.47 Å². The number of halogens is 2. The van der Waals surface area contributed by atoms with E-state index in [0.29, 0.717) is 18.7 Å². The predicted octanol–water partition coefficient (Wildman–Crippen LogP) is 2.64. The molecule has 0 spiro atoms. The first-order valence-corrected chi connectivity index (χ1v) is 9.90. The van der Waals surface area contributed by atoms with E-state index in [1.54, 1.807) is 6.92 Å². The smallest absolute Gasteiger partial charge is 0.347 e. The SMILES string of the molecule is CCOC(=O)C1Cc2cc(S(=O)(=O)N3CCCC3)c(Cl)c(Cl)c2O1. The first-order valence-electron chi connectivity index (χ1n) is 7.70. The lowest BCUT2D eigenvalue weighted by Crippen LogP contribution is -2.28. The molecule has 1 aromatic carbocycles. The number of nitrogens with zero attached hydrogens (tertiary/aromatic N) is 1. The van der Waals surface area contributed by atoms with Gasteiger partial charge in [-0.05, 0) is 25.8 Å². The highest BCUT2D eigenvalue weighted by molar-refractivity contribution is 7.89. The Balaban J connectivity index is 1.98. The van der Waals surface area contributed by atoms with E-state index in [4.69, 9.17) is 32.7 Å². The molecule has 6 nitrogen and oxygen atoms in total. The van der Waals surface area contributed by atoms with E-state index < -0.39 is 22.1 Å². The van der Waals surface area contributed by atoms with Crippen LogP contribution in [0.4, 0.5) is 0 Å². The van der Waals surface area contributed by atoms with Crippen LogP contribution in [0.3, 0.4) is 0 Å². The summed E-state index contributed by atoms with van der Waals surface area (Å²) in [4.78, 5) is 11.8. The summed E-state index contributed by atoms with van der Waals surface area (Å²) in [5.41, 5.74) is 0.542. The monoisotopic (exact) mass is 393 g/mol. The number of ether oxygens (including phenoxy) is 2. The van der Waals surface area contributed by atoms with Crippen LogP contribution in [0.1, 0.15) is 25.3 Å². The molecular formula is C15H17Cl2NO5S. The highest BCUT2D eigenvalue weighted by Crippen LogP contribution is 2.44. The maximum Gasteiger partial charge on any atom is 0.347 e. The molecule has 2 aliphatic heterocycles. The fourth-order valence-corrected chi connectivity index (χ4v) is 5.31. The number of sulfonamides is 1. The molecule has 0 N–H and O–H groups in total. The van der Waals surface area contributed by atoms with Gasteiger partial charge in [-0.15, -0.1) is 0 Å². The Kier molecular flexibility index (Phi) is 4.97. The number of carbonyl (C=O) groups is 1. The molecule has 0 amide bonds. The van der Waals surface area contributed by atoms with Crippen LogP contribution in [0.5, 0.6) is 5.75 Å². The van der Waals surface area contributed by atoms with Gasteiger partial charge in [0.2, 0.25) is 10.0 Å². The third-order valence-corrected chi connectivity index (χ3v) is 6.99. The molecule has 132 valence electrons. The van der Waals surface area contributed by atoms with E-state index in [9.17, 15) is 13.2 Å².